The molecular formula is C13H17NO4. The third-order valence-corrected chi connectivity index (χ3v) is 2.52. The average Bonchev–Trinajstić information content (AvgIpc) is 2.19. The Morgan fingerprint density at radius 1 is 1.33 bits per heavy atom. The molecule has 0 unspecified atom stereocenters. The molecule has 98 valence electrons. The van der Waals surface area contributed by atoms with Crippen LogP contribution in [0.3, 0.4) is 0 Å². The van der Waals surface area contributed by atoms with E-state index in [1.807, 2.05) is 0 Å². The van der Waals surface area contributed by atoms with Crippen LogP contribution in [-0.4, -0.2) is 27.6 Å². The normalized spacial score (nSPS) is 11.1. The van der Waals surface area contributed by atoms with Gasteiger partial charge in [0.05, 0.1) is 6.42 Å². The zero-order valence-electron chi connectivity index (χ0n) is 10.7. The van der Waals surface area contributed by atoms with E-state index >= 15 is 0 Å². The van der Waals surface area contributed by atoms with Crippen LogP contribution in [0.5, 0.6) is 5.75 Å². The number of amides is 1. The Kier molecular flexibility index (Phi) is 3.96. The van der Waals surface area contributed by atoms with Gasteiger partial charge in [0.15, 0.2) is 0 Å². The number of carboxylic acid groups (broad SMARTS) is 1. The van der Waals surface area contributed by atoms with Crippen LogP contribution in [0.25, 0.3) is 0 Å². The maximum absolute atomic E-state index is 11.9. The van der Waals surface area contributed by atoms with Crippen molar-refractivity contribution in [3.63, 3.8) is 0 Å². The van der Waals surface area contributed by atoms with E-state index in [0.29, 0.717) is 11.1 Å². The lowest BCUT2D eigenvalue weighted by Crippen LogP contribution is -2.44. The van der Waals surface area contributed by atoms with Crippen molar-refractivity contribution >= 4 is 11.9 Å². The lowest BCUT2D eigenvalue weighted by molar-refractivity contribution is -0.138. The van der Waals surface area contributed by atoms with Gasteiger partial charge in [-0.25, -0.2) is 0 Å². The highest BCUT2D eigenvalue weighted by Crippen LogP contribution is 2.18. The Morgan fingerprint density at radius 3 is 2.44 bits per heavy atom. The molecule has 0 saturated heterocycles. The fraction of sp³-hybridized carbons (Fsp3) is 0.385. The molecule has 0 atom stereocenters. The van der Waals surface area contributed by atoms with Gasteiger partial charge in [-0.3, -0.25) is 9.59 Å². The number of nitrogens with one attached hydrogen (secondary N) is 1. The van der Waals surface area contributed by atoms with Gasteiger partial charge in [0.2, 0.25) is 0 Å². The molecule has 0 bridgehead atoms. The molecular weight excluding hydrogens is 234 g/mol. The van der Waals surface area contributed by atoms with Crippen LogP contribution in [0.1, 0.15) is 36.2 Å². The van der Waals surface area contributed by atoms with Crippen molar-refractivity contribution in [1.82, 2.24) is 5.32 Å². The number of carboxylic acids is 1. The van der Waals surface area contributed by atoms with Crippen molar-refractivity contribution in [1.29, 1.82) is 0 Å². The summed E-state index contributed by atoms with van der Waals surface area (Å²) in [5, 5.41) is 20.9. The Bertz CT molecular complexity index is 480. The summed E-state index contributed by atoms with van der Waals surface area (Å²) in [6.07, 6.45) is -0.170. The smallest absolute Gasteiger partial charge is 0.305 e. The summed E-state index contributed by atoms with van der Waals surface area (Å²) >= 11 is 0. The Hall–Kier alpha value is -2.04. The average molecular weight is 251 g/mol. The predicted molar refractivity (Wildman–Crippen MR) is 66.6 cm³/mol. The highest BCUT2D eigenvalue weighted by atomic mass is 16.4. The fourth-order valence-electron chi connectivity index (χ4n) is 1.55. The number of aromatic hydroxyl groups is 1. The highest BCUT2D eigenvalue weighted by Gasteiger charge is 2.24. The minimum Gasteiger partial charge on any atom is -0.508 e. The lowest BCUT2D eigenvalue weighted by atomic mass is 10.00. The highest BCUT2D eigenvalue weighted by molar-refractivity contribution is 5.95. The molecule has 1 aromatic rings. The largest absolute Gasteiger partial charge is 0.508 e. The zero-order valence-corrected chi connectivity index (χ0v) is 10.7. The summed E-state index contributed by atoms with van der Waals surface area (Å²) in [7, 11) is 0. The monoisotopic (exact) mass is 251 g/mol. The Balaban J connectivity index is 2.82. The number of aryl methyl sites for hydroxylation is 1. The van der Waals surface area contributed by atoms with E-state index in [2.05, 4.69) is 5.32 Å². The maximum atomic E-state index is 11.9. The summed E-state index contributed by atoms with van der Waals surface area (Å²) in [6, 6.07) is 4.58. The number of carbonyl (C=O) groups excluding carboxylic acids is 1. The minimum absolute atomic E-state index is 0.0405. The van der Waals surface area contributed by atoms with Crippen LogP contribution in [0.4, 0.5) is 0 Å². The second-order valence-corrected chi connectivity index (χ2v) is 4.91. The number of rotatable bonds is 4. The van der Waals surface area contributed by atoms with E-state index in [-0.39, 0.29) is 12.2 Å². The van der Waals surface area contributed by atoms with Crippen molar-refractivity contribution in [2.24, 2.45) is 0 Å². The first-order valence-corrected chi connectivity index (χ1v) is 5.55. The van der Waals surface area contributed by atoms with E-state index in [0.717, 1.165) is 0 Å². The first-order valence-electron chi connectivity index (χ1n) is 5.55. The first-order chi connectivity index (χ1) is 8.21. The number of hydrogen-bond donors (Lipinski definition) is 3. The Labute approximate surface area is 105 Å². The molecule has 0 heterocycles. The molecule has 0 saturated carbocycles. The van der Waals surface area contributed by atoms with Crippen LogP contribution in [0.2, 0.25) is 0 Å². The molecule has 0 aliphatic heterocycles. The first kappa shape index (κ1) is 14.0. The lowest BCUT2D eigenvalue weighted by Gasteiger charge is -2.24. The molecule has 1 rings (SSSR count). The van der Waals surface area contributed by atoms with Crippen LogP contribution < -0.4 is 5.32 Å². The Morgan fingerprint density at radius 2 is 1.94 bits per heavy atom. The van der Waals surface area contributed by atoms with Gasteiger partial charge in [0, 0.05) is 11.1 Å². The van der Waals surface area contributed by atoms with Gasteiger partial charge in [0.1, 0.15) is 5.75 Å². The summed E-state index contributed by atoms with van der Waals surface area (Å²) < 4.78 is 0. The molecule has 0 spiro atoms. The number of aliphatic carboxylic acids is 1. The van der Waals surface area contributed by atoms with E-state index in [1.165, 1.54) is 6.07 Å². The molecule has 3 N–H and O–H groups in total. The van der Waals surface area contributed by atoms with Gasteiger partial charge in [0.25, 0.3) is 5.91 Å². The van der Waals surface area contributed by atoms with E-state index < -0.39 is 17.4 Å². The van der Waals surface area contributed by atoms with Crippen LogP contribution in [0, 0.1) is 6.92 Å². The quantitative estimate of drug-likeness (QED) is 0.760. The molecule has 0 aromatic heterocycles. The van der Waals surface area contributed by atoms with Gasteiger partial charge in [-0.1, -0.05) is 6.07 Å². The van der Waals surface area contributed by atoms with Gasteiger partial charge < -0.3 is 15.5 Å². The number of phenols is 1. The van der Waals surface area contributed by atoms with E-state index in [1.54, 1.807) is 32.9 Å². The SMILES string of the molecule is Cc1ccc(C(=O)NC(C)(C)CC(=O)O)cc1O. The van der Waals surface area contributed by atoms with Gasteiger partial charge in [-0.05, 0) is 38.5 Å². The molecule has 0 aliphatic carbocycles. The summed E-state index contributed by atoms with van der Waals surface area (Å²) in [5.41, 5.74) is 0.136. The number of benzene rings is 1. The third-order valence-electron chi connectivity index (χ3n) is 2.52. The second kappa shape index (κ2) is 5.08. The molecule has 5 nitrogen and oxygen atoms in total. The van der Waals surface area contributed by atoms with Crippen LogP contribution in [-0.2, 0) is 4.79 Å². The predicted octanol–water partition coefficient (Wildman–Crippen LogP) is 1.68. The fourth-order valence-corrected chi connectivity index (χ4v) is 1.55. The molecule has 0 fully saturated rings. The van der Waals surface area contributed by atoms with E-state index in [4.69, 9.17) is 5.11 Å². The molecule has 1 aromatic carbocycles. The minimum atomic E-state index is -0.980. The van der Waals surface area contributed by atoms with Gasteiger partial charge in [-0.15, -0.1) is 0 Å². The maximum Gasteiger partial charge on any atom is 0.305 e. The topological polar surface area (TPSA) is 86.6 Å². The van der Waals surface area contributed by atoms with Crippen molar-refractivity contribution in [3.8, 4) is 5.75 Å². The molecule has 18 heavy (non-hydrogen) atoms. The van der Waals surface area contributed by atoms with Crippen LogP contribution >= 0.6 is 0 Å². The summed E-state index contributed by atoms with van der Waals surface area (Å²) in [4.78, 5) is 22.5. The van der Waals surface area contributed by atoms with Gasteiger partial charge >= 0.3 is 5.97 Å². The summed E-state index contributed by atoms with van der Waals surface area (Å²) in [5.74, 6) is -1.35. The third kappa shape index (κ3) is 3.76. The second-order valence-electron chi connectivity index (χ2n) is 4.91. The standard InChI is InChI=1S/C13H17NO4/c1-8-4-5-9(6-10(8)15)12(18)14-13(2,3)7-11(16)17/h4-6,15H,7H2,1-3H3,(H,14,18)(H,16,17). The molecule has 5 heteroatoms. The van der Waals surface area contributed by atoms with Gasteiger partial charge in [-0.2, -0.15) is 0 Å². The number of carbonyl (C=O) groups is 2. The molecule has 0 aliphatic rings. The zero-order chi connectivity index (χ0) is 13.9. The van der Waals surface area contributed by atoms with Crippen molar-refractivity contribution in [2.45, 2.75) is 32.7 Å². The molecule has 0 radical (unpaired) electrons. The summed E-state index contributed by atoms with van der Waals surface area (Å²) in [6.45, 7) is 4.99. The van der Waals surface area contributed by atoms with Crippen molar-refractivity contribution in [3.05, 3.63) is 29.3 Å². The molecule has 1 amide bonds. The van der Waals surface area contributed by atoms with E-state index in [9.17, 15) is 14.7 Å². The van der Waals surface area contributed by atoms with Crippen molar-refractivity contribution in [2.75, 3.05) is 0 Å². The van der Waals surface area contributed by atoms with Crippen molar-refractivity contribution < 1.29 is 19.8 Å². The number of phenolic OH excluding ortho intramolecular Hbond substituents is 1. The number of hydrogen-bond acceptors (Lipinski definition) is 3. The van der Waals surface area contributed by atoms with Crippen LogP contribution in [0.15, 0.2) is 18.2 Å².